The molecule has 0 fully saturated rings. The minimum Gasteiger partial charge on any atom is -0.394 e. The third kappa shape index (κ3) is 2.29. The van der Waals surface area contributed by atoms with E-state index < -0.39 is 17.7 Å². The highest BCUT2D eigenvalue weighted by molar-refractivity contribution is 5.53. The lowest BCUT2D eigenvalue weighted by molar-refractivity contribution is 0.260. The van der Waals surface area contributed by atoms with E-state index in [4.69, 9.17) is 15.4 Å². The maximum absolute atomic E-state index is 13.4. The summed E-state index contributed by atoms with van der Waals surface area (Å²) in [7, 11) is 0. The van der Waals surface area contributed by atoms with E-state index in [2.05, 4.69) is 10.1 Å². The summed E-state index contributed by atoms with van der Waals surface area (Å²) in [6, 6.07) is 2.07. The summed E-state index contributed by atoms with van der Waals surface area (Å²) in [5.41, 5.74) is 5.31. The molecule has 17 heavy (non-hydrogen) atoms. The average Bonchev–Trinajstić information content (AvgIpc) is 2.80. The van der Waals surface area contributed by atoms with Gasteiger partial charge in [0.15, 0.2) is 5.82 Å². The zero-order valence-corrected chi connectivity index (χ0v) is 8.60. The maximum atomic E-state index is 13.4. The smallest absolute Gasteiger partial charge is 0.261 e. The Kier molecular flexibility index (Phi) is 3.12. The van der Waals surface area contributed by atoms with Gasteiger partial charge in [-0.1, -0.05) is 5.16 Å². The highest BCUT2D eigenvalue weighted by Gasteiger charge is 2.17. The van der Waals surface area contributed by atoms with Gasteiger partial charge in [0.1, 0.15) is 11.6 Å². The van der Waals surface area contributed by atoms with Crippen LogP contribution >= 0.6 is 0 Å². The summed E-state index contributed by atoms with van der Waals surface area (Å²) < 4.78 is 31.1. The van der Waals surface area contributed by atoms with Gasteiger partial charge in [-0.2, -0.15) is 4.98 Å². The van der Waals surface area contributed by atoms with Crippen molar-refractivity contribution in [1.29, 1.82) is 0 Å². The molecule has 0 aliphatic heterocycles. The Morgan fingerprint density at radius 1 is 1.41 bits per heavy atom. The lowest BCUT2D eigenvalue weighted by atomic mass is 10.2. The molecule has 0 spiro atoms. The first kappa shape index (κ1) is 11.6. The number of rotatable bonds is 3. The van der Waals surface area contributed by atoms with E-state index in [1.165, 1.54) is 0 Å². The number of halogens is 2. The molecule has 0 bridgehead atoms. The summed E-state index contributed by atoms with van der Waals surface area (Å²) in [5, 5.41) is 12.3. The highest BCUT2D eigenvalue weighted by Crippen LogP contribution is 2.22. The molecule has 0 radical (unpaired) electrons. The molecule has 2 aromatic rings. The van der Waals surface area contributed by atoms with Gasteiger partial charge in [0, 0.05) is 0 Å². The molecular formula is C10H9F2N3O2. The van der Waals surface area contributed by atoms with Crippen molar-refractivity contribution in [2.75, 3.05) is 6.61 Å². The quantitative estimate of drug-likeness (QED) is 0.837. The normalized spacial score (nSPS) is 12.7. The van der Waals surface area contributed by atoms with Crippen molar-refractivity contribution in [3.05, 3.63) is 35.7 Å². The summed E-state index contributed by atoms with van der Waals surface area (Å²) in [6.07, 6.45) is 0. The highest BCUT2D eigenvalue weighted by atomic mass is 19.1. The third-order valence-electron chi connectivity index (χ3n) is 2.13. The average molecular weight is 241 g/mol. The van der Waals surface area contributed by atoms with Gasteiger partial charge in [0.25, 0.3) is 5.89 Å². The summed E-state index contributed by atoms with van der Waals surface area (Å²) in [5.74, 6) is -1.45. The zero-order valence-electron chi connectivity index (χ0n) is 8.60. The number of aliphatic hydroxyl groups excluding tert-OH is 1. The Balaban J connectivity index is 2.40. The van der Waals surface area contributed by atoms with Crippen LogP contribution in [0.3, 0.4) is 0 Å². The molecule has 1 unspecified atom stereocenters. The van der Waals surface area contributed by atoms with Crippen molar-refractivity contribution in [3.63, 3.8) is 0 Å². The number of benzene rings is 1. The van der Waals surface area contributed by atoms with Gasteiger partial charge < -0.3 is 15.4 Å². The topological polar surface area (TPSA) is 85.2 Å². The van der Waals surface area contributed by atoms with E-state index >= 15 is 0 Å². The van der Waals surface area contributed by atoms with Crippen molar-refractivity contribution >= 4 is 0 Å². The van der Waals surface area contributed by atoms with Crippen LogP contribution in [-0.4, -0.2) is 21.9 Å². The van der Waals surface area contributed by atoms with Crippen molar-refractivity contribution in [2.24, 2.45) is 5.73 Å². The second-order valence-corrected chi connectivity index (χ2v) is 3.37. The van der Waals surface area contributed by atoms with Gasteiger partial charge in [0.2, 0.25) is 0 Å². The minimum atomic E-state index is -0.816. The zero-order chi connectivity index (χ0) is 12.4. The van der Waals surface area contributed by atoms with Gasteiger partial charge in [-0.15, -0.1) is 0 Å². The van der Waals surface area contributed by atoms with Gasteiger partial charge in [0.05, 0.1) is 18.2 Å². The van der Waals surface area contributed by atoms with Crippen LogP contribution < -0.4 is 5.73 Å². The SMILES string of the molecule is NC(CO)c1noc(-c2cc(F)ccc2F)n1. The van der Waals surface area contributed by atoms with Crippen LogP contribution in [0.25, 0.3) is 11.5 Å². The van der Waals surface area contributed by atoms with Crippen LogP contribution in [0.15, 0.2) is 22.7 Å². The first-order chi connectivity index (χ1) is 8.11. The molecule has 1 heterocycles. The fourth-order valence-corrected chi connectivity index (χ4v) is 1.24. The Bertz CT molecular complexity index is 530. The number of aromatic nitrogens is 2. The molecule has 0 aliphatic rings. The molecule has 0 amide bonds. The molecule has 7 heteroatoms. The van der Waals surface area contributed by atoms with Gasteiger partial charge in [-0.25, -0.2) is 8.78 Å². The Hall–Kier alpha value is -1.86. The first-order valence-electron chi connectivity index (χ1n) is 4.77. The fraction of sp³-hybridized carbons (Fsp3) is 0.200. The monoisotopic (exact) mass is 241 g/mol. The van der Waals surface area contributed by atoms with Crippen LogP contribution in [0.4, 0.5) is 8.78 Å². The Morgan fingerprint density at radius 3 is 2.88 bits per heavy atom. The van der Waals surface area contributed by atoms with E-state index in [1.807, 2.05) is 0 Å². The predicted octanol–water partition coefficient (Wildman–Crippen LogP) is 1.01. The lowest BCUT2D eigenvalue weighted by Gasteiger charge is -1.99. The summed E-state index contributed by atoms with van der Waals surface area (Å²) in [4.78, 5) is 3.78. The minimum absolute atomic E-state index is 0.0335. The van der Waals surface area contributed by atoms with E-state index in [-0.39, 0.29) is 23.9 Å². The van der Waals surface area contributed by atoms with Crippen molar-refractivity contribution < 1.29 is 18.4 Å². The van der Waals surface area contributed by atoms with Crippen LogP contribution in [0.2, 0.25) is 0 Å². The number of hydrogen-bond acceptors (Lipinski definition) is 5. The Morgan fingerprint density at radius 2 is 2.18 bits per heavy atom. The van der Waals surface area contributed by atoms with Crippen molar-refractivity contribution in [2.45, 2.75) is 6.04 Å². The molecule has 5 nitrogen and oxygen atoms in total. The molecule has 1 aromatic carbocycles. The lowest BCUT2D eigenvalue weighted by Crippen LogP contribution is -2.15. The maximum Gasteiger partial charge on any atom is 0.261 e. The standard InChI is InChI=1S/C10H9F2N3O2/c11-5-1-2-7(12)6(3-5)10-14-9(15-17-10)8(13)4-16/h1-3,8,16H,4,13H2. The van der Waals surface area contributed by atoms with Crippen molar-refractivity contribution in [3.8, 4) is 11.5 Å². The molecule has 0 saturated heterocycles. The van der Waals surface area contributed by atoms with Crippen LogP contribution in [0.1, 0.15) is 11.9 Å². The molecule has 1 aromatic heterocycles. The Labute approximate surface area is 94.9 Å². The van der Waals surface area contributed by atoms with Crippen LogP contribution in [-0.2, 0) is 0 Å². The van der Waals surface area contributed by atoms with Crippen LogP contribution in [0, 0.1) is 11.6 Å². The molecule has 0 saturated carbocycles. The third-order valence-corrected chi connectivity index (χ3v) is 2.13. The van der Waals surface area contributed by atoms with Crippen LogP contribution in [0.5, 0.6) is 0 Å². The second kappa shape index (κ2) is 4.56. The molecule has 3 N–H and O–H groups in total. The van der Waals surface area contributed by atoms with Gasteiger partial charge in [-0.05, 0) is 18.2 Å². The molecule has 2 rings (SSSR count). The second-order valence-electron chi connectivity index (χ2n) is 3.37. The molecule has 90 valence electrons. The number of nitrogens with zero attached hydrogens (tertiary/aromatic N) is 2. The number of nitrogens with two attached hydrogens (primary N) is 1. The summed E-state index contributed by atoms with van der Waals surface area (Å²) >= 11 is 0. The summed E-state index contributed by atoms with van der Waals surface area (Å²) in [6.45, 7) is -0.370. The molecular weight excluding hydrogens is 232 g/mol. The fourth-order valence-electron chi connectivity index (χ4n) is 1.24. The van der Waals surface area contributed by atoms with Crippen molar-refractivity contribution in [1.82, 2.24) is 10.1 Å². The van der Waals surface area contributed by atoms with E-state index in [9.17, 15) is 8.78 Å². The van der Waals surface area contributed by atoms with E-state index in [0.717, 1.165) is 18.2 Å². The van der Waals surface area contributed by atoms with Gasteiger partial charge in [-0.3, -0.25) is 0 Å². The largest absolute Gasteiger partial charge is 0.394 e. The van der Waals surface area contributed by atoms with E-state index in [0.29, 0.717) is 0 Å². The van der Waals surface area contributed by atoms with Gasteiger partial charge >= 0.3 is 0 Å². The number of hydrogen-bond donors (Lipinski definition) is 2. The first-order valence-corrected chi connectivity index (χ1v) is 4.77. The predicted molar refractivity (Wildman–Crippen MR) is 53.7 cm³/mol. The van der Waals surface area contributed by atoms with E-state index in [1.54, 1.807) is 0 Å². The number of aliphatic hydroxyl groups is 1. The molecule has 0 aliphatic carbocycles. The molecule has 1 atom stereocenters.